The predicted molar refractivity (Wildman–Crippen MR) is 142 cm³/mol. The quantitative estimate of drug-likeness (QED) is 0.262. The lowest BCUT2D eigenvalue weighted by Gasteiger charge is -2.16. The van der Waals surface area contributed by atoms with E-state index in [2.05, 4.69) is 0 Å². The molecule has 1 fully saturated rings. The molecule has 186 valence electrons. The van der Waals surface area contributed by atoms with E-state index in [0.717, 1.165) is 5.56 Å². The molecule has 1 aliphatic rings. The fourth-order valence-corrected chi connectivity index (χ4v) is 4.26. The zero-order chi connectivity index (χ0) is 25.8. The first-order valence-electron chi connectivity index (χ1n) is 11.1. The first kappa shape index (κ1) is 25.5. The van der Waals surface area contributed by atoms with Crippen LogP contribution in [0, 0.1) is 5.82 Å². The Morgan fingerprint density at radius 3 is 2.39 bits per heavy atom. The van der Waals surface area contributed by atoms with Crippen molar-refractivity contribution < 1.29 is 23.4 Å². The molecule has 3 aromatic rings. The maximum Gasteiger partial charge on any atom is 0.281 e. The van der Waals surface area contributed by atoms with Crippen molar-refractivity contribution in [1.29, 1.82) is 0 Å². The molecule has 0 saturated carbocycles. The number of amides is 1. The molecule has 4 rings (SSSR count). The van der Waals surface area contributed by atoms with E-state index in [1.807, 2.05) is 6.92 Å². The van der Waals surface area contributed by atoms with E-state index in [1.165, 1.54) is 24.1 Å². The number of nitrogens with zero attached hydrogens (tertiary/aromatic N) is 2. The highest BCUT2D eigenvalue weighted by Crippen LogP contribution is 2.38. The number of carbonyl (C=O) groups excluding carboxylic acids is 1. The summed E-state index contributed by atoms with van der Waals surface area (Å²) < 4.78 is 30.0. The molecule has 1 amide bonds. The van der Waals surface area contributed by atoms with Crippen molar-refractivity contribution in [2.75, 3.05) is 25.7 Å². The Bertz CT molecular complexity index is 1310. The van der Waals surface area contributed by atoms with Crippen LogP contribution in [0.3, 0.4) is 0 Å². The minimum absolute atomic E-state index is 0.184. The zero-order valence-corrected chi connectivity index (χ0v) is 21.5. The second-order valence-corrected chi connectivity index (χ2v) is 8.66. The molecule has 0 radical (unpaired) electrons. The van der Waals surface area contributed by atoms with Crippen molar-refractivity contribution in [3.8, 4) is 17.2 Å². The van der Waals surface area contributed by atoms with Gasteiger partial charge in [0.05, 0.1) is 24.4 Å². The number of benzene rings is 3. The molecule has 1 heterocycles. The third kappa shape index (κ3) is 5.29. The van der Waals surface area contributed by atoms with Crippen LogP contribution in [-0.4, -0.2) is 36.7 Å². The van der Waals surface area contributed by atoms with Gasteiger partial charge in [-0.2, -0.15) is 0 Å². The van der Waals surface area contributed by atoms with Gasteiger partial charge in [-0.15, -0.1) is 0 Å². The van der Waals surface area contributed by atoms with Crippen molar-refractivity contribution in [3.05, 3.63) is 88.3 Å². The summed E-state index contributed by atoms with van der Waals surface area (Å²) in [6.07, 6.45) is 1.70. The van der Waals surface area contributed by atoms with E-state index in [9.17, 15) is 9.18 Å². The van der Waals surface area contributed by atoms with Crippen molar-refractivity contribution in [2.45, 2.75) is 13.5 Å². The molecule has 0 aliphatic carbocycles. The Kier molecular flexibility index (Phi) is 7.76. The number of ether oxygens (including phenoxy) is 3. The van der Waals surface area contributed by atoms with Crippen molar-refractivity contribution in [3.63, 3.8) is 0 Å². The highest BCUT2D eigenvalue weighted by Gasteiger charge is 2.36. The van der Waals surface area contributed by atoms with Gasteiger partial charge in [-0.1, -0.05) is 23.7 Å². The van der Waals surface area contributed by atoms with Crippen LogP contribution in [0.5, 0.6) is 17.2 Å². The summed E-state index contributed by atoms with van der Waals surface area (Å²) in [5.41, 5.74) is 2.44. The molecule has 0 atom stereocenters. The summed E-state index contributed by atoms with van der Waals surface area (Å²) >= 11 is 12.1. The molecular weight excluding hydrogens is 503 g/mol. The maximum absolute atomic E-state index is 13.3. The van der Waals surface area contributed by atoms with Crippen LogP contribution in [0.15, 0.2) is 66.4 Å². The molecule has 3 aromatic carbocycles. The van der Waals surface area contributed by atoms with Crippen molar-refractivity contribution in [2.24, 2.45) is 0 Å². The summed E-state index contributed by atoms with van der Waals surface area (Å²) in [6, 6.07) is 16.6. The summed E-state index contributed by atoms with van der Waals surface area (Å²) in [5.74, 6) is 0.877. The lowest BCUT2D eigenvalue weighted by molar-refractivity contribution is -0.114. The van der Waals surface area contributed by atoms with E-state index in [0.29, 0.717) is 50.9 Å². The normalized spacial score (nSPS) is 14.5. The summed E-state index contributed by atoms with van der Waals surface area (Å²) in [4.78, 5) is 16.4. The van der Waals surface area contributed by atoms with E-state index in [1.54, 1.807) is 66.6 Å². The molecule has 0 bridgehead atoms. The number of hydrogen-bond donors (Lipinski definition) is 0. The molecule has 0 aromatic heterocycles. The number of anilines is 1. The lowest BCUT2D eigenvalue weighted by Crippen LogP contribution is -2.31. The van der Waals surface area contributed by atoms with Gasteiger partial charge < -0.3 is 19.1 Å². The lowest BCUT2D eigenvalue weighted by atomic mass is 10.1. The van der Waals surface area contributed by atoms with Crippen molar-refractivity contribution in [1.82, 2.24) is 4.90 Å². The minimum Gasteiger partial charge on any atom is -0.494 e. The average Bonchev–Trinajstić information content (AvgIpc) is 3.08. The smallest absolute Gasteiger partial charge is 0.281 e. The maximum atomic E-state index is 13.3. The molecule has 9 heteroatoms. The van der Waals surface area contributed by atoms with Gasteiger partial charge in [0, 0.05) is 7.05 Å². The van der Waals surface area contributed by atoms with Gasteiger partial charge in [-0.3, -0.25) is 9.69 Å². The van der Waals surface area contributed by atoms with Gasteiger partial charge in [-0.25, -0.2) is 4.39 Å². The van der Waals surface area contributed by atoms with Crippen LogP contribution in [0.25, 0.3) is 6.08 Å². The molecule has 1 aliphatic heterocycles. The molecule has 1 saturated heterocycles. The Labute approximate surface area is 219 Å². The Hall–Kier alpha value is -3.62. The number of rotatable bonds is 8. The third-order valence-electron chi connectivity index (χ3n) is 5.52. The largest absolute Gasteiger partial charge is 0.494 e. The number of halogens is 2. The van der Waals surface area contributed by atoms with Gasteiger partial charge >= 0.3 is 0 Å². The number of thiocarbonyl (C=S) groups is 1. The fraction of sp³-hybridized carbons (Fsp3) is 0.185. The molecule has 6 nitrogen and oxygen atoms in total. The van der Waals surface area contributed by atoms with Crippen LogP contribution in [-0.2, 0) is 11.4 Å². The topological polar surface area (TPSA) is 51.2 Å². The third-order valence-corrected chi connectivity index (χ3v) is 6.26. The number of carbonyl (C=O) groups is 1. The summed E-state index contributed by atoms with van der Waals surface area (Å²) in [6.45, 7) is 2.64. The first-order valence-corrected chi connectivity index (χ1v) is 11.9. The van der Waals surface area contributed by atoms with E-state index < -0.39 is 0 Å². The summed E-state index contributed by atoms with van der Waals surface area (Å²) in [5, 5.41) is 0.662. The molecule has 0 spiro atoms. The van der Waals surface area contributed by atoms with Gasteiger partial charge in [0.1, 0.15) is 23.9 Å². The summed E-state index contributed by atoms with van der Waals surface area (Å²) in [7, 11) is 3.24. The number of likely N-dealkylation sites (N-methyl/N-ethyl adjacent to an activating group) is 1. The fourth-order valence-electron chi connectivity index (χ4n) is 3.70. The monoisotopic (exact) mass is 526 g/mol. The second kappa shape index (κ2) is 11.0. The van der Waals surface area contributed by atoms with Gasteiger partial charge in [0.25, 0.3) is 5.91 Å². The van der Waals surface area contributed by atoms with Crippen LogP contribution < -0.4 is 19.1 Å². The van der Waals surface area contributed by atoms with E-state index in [4.69, 9.17) is 38.0 Å². The zero-order valence-electron chi connectivity index (χ0n) is 20.0. The standard InChI is InChI=1S/C27H24ClFN2O4S/c1-4-34-21-11-9-20(10-12-21)31-26(32)23(30(2)27(31)36)14-18-13-22(28)25(24(15-18)33-3)35-16-17-5-7-19(29)8-6-17/h5-15H,4,16H2,1-3H3/b23-14-. The predicted octanol–water partition coefficient (Wildman–Crippen LogP) is 6.07. The van der Waals surface area contributed by atoms with E-state index >= 15 is 0 Å². The SMILES string of the molecule is CCOc1ccc(N2C(=O)/C(=C/c3cc(Cl)c(OCc4ccc(F)cc4)c(OC)c3)N(C)C2=S)cc1. The highest BCUT2D eigenvalue weighted by molar-refractivity contribution is 7.80. The Balaban J connectivity index is 1.58. The van der Waals surface area contributed by atoms with E-state index in [-0.39, 0.29) is 18.3 Å². The Morgan fingerprint density at radius 1 is 1.06 bits per heavy atom. The molecular formula is C27H24ClFN2O4S. The van der Waals surface area contributed by atoms with Crippen LogP contribution >= 0.6 is 23.8 Å². The van der Waals surface area contributed by atoms with Crippen LogP contribution in [0.1, 0.15) is 18.1 Å². The van der Waals surface area contributed by atoms with Gasteiger partial charge in [0.2, 0.25) is 0 Å². The van der Waals surface area contributed by atoms with Crippen LogP contribution in [0.4, 0.5) is 10.1 Å². The number of methoxy groups -OCH3 is 1. The number of hydrogen-bond acceptors (Lipinski definition) is 5. The van der Waals surface area contributed by atoms with Gasteiger partial charge in [0.15, 0.2) is 16.6 Å². The van der Waals surface area contributed by atoms with Gasteiger partial charge in [-0.05, 0) is 84.9 Å². The average molecular weight is 527 g/mol. The first-order chi connectivity index (χ1) is 17.3. The van der Waals surface area contributed by atoms with Crippen LogP contribution in [0.2, 0.25) is 5.02 Å². The molecule has 0 N–H and O–H groups in total. The molecule has 0 unspecified atom stereocenters. The second-order valence-electron chi connectivity index (χ2n) is 7.89. The minimum atomic E-state index is -0.321. The van der Waals surface area contributed by atoms with Crippen molar-refractivity contribution >= 4 is 46.6 Å². The highest BCUT2D eigenvalue weighted by atomic mass is 35.5. The Morgan fingerprint density at radius 2 is 1.75 bits per heavy atom. The molecule has 36 heavy (non-hydrogen) atoms.